The molecular formula is C17H13F2N3O5S3. The van der Waals surface area contributed by atoms with Crippen molar-refractivity contribution in [1.82, 2.24) is 10.3 Å². The second-order valence-corrected chi connectivity index (χ2v) is 10.2. The van der Waals surface area contributed by atoms with Crippen LogP contribution in [0.25, 0.3) is 0 Å². The first-order valence-electron chi connectivity index (χ1n) is 8.03. The molecule has 0 aliphatic heterocycles. The summed E-state index contributed by atoms with van der Waals surface area (Å²) in [4.78, 5) is 13.1. The quantitative estimate of drug-likeness (QED) is 0.455. The van der Waals surface area contributed by atoms with Crippen LogP contribution in [0.15, 0.2) is 69.1 Å². The van der Waals surface area contributed by atoms with Gasteiger partial charge in [-0.15, -0.1) is 16.2 Å². The van der Waals surface area contributed by atoms with Gasteiger partial charge in [0.1, 0.15) is 20.7 Å². The molecule has 0 saturated carbocycles. The minimum Gasteiger partial charge on any atom is -0.278 e. The maximum Gasteiger partial charge on any atom is 0.271 e. The number of hydrogen-bond donors (Lipinski definition) is 3. The first kappa shape index (κ1) is 21.8. The minimum absolute atomic E-state index is 0.0139. The largest absolute Gasteiger partial charge is 0.278 e. The predicted molar refractivity (Wildman–Crippen MR) is 106 cm³/mol. The Hall–Kier alpha value is -2.87. The Bertz CT molecular complexity index is 1290. The molecule has 8 nitrogen and oxygen atoms in total. The van der Waals surface area contributed by atoms with Gasteiger partial charge in [-0.2, -0.15) is 0 Å². The molecule has 30 heavy (non-hydrogen) atoms. The highest BCUT2D eigenvalue weighted by Crippen LogP contribution is 2.23. The van der Waals surface area contributed by atoms with Crippen LogP contribution >= 0.6 is 11.3 Å². The van der Waals surface area contributed by atoms with Gasteiger partial charge in [0.15, 0.2) is 0 Å². The summed E-state index contributed by atoms with van der Waals surface area (Å²) < 4.78 is 78.4. The highest BCUT2D eigenvalue weighted by Gasteiger charge is 2.23. The molecule has 1 aromatic heterocycles. The van der Waals surface area contributed by atoms with Crippen LogP contribution < -0.4 is 15.0 Å². The molecule has 1 heterocycles. The molecule has 0 aliphatic rings. The van der Waals surface area contributed by atoms with Crippen LogP contribution in [-0.2, 0) is 20.0 Å². The number of halogens is 2. The minimum atomic E-state index is -4.63. The van der Waals surface area contributed by atoms with E-state index in [1.54, 1.807) is 10.2 Å². The second kappa shape index (κ2) is 8.47. The Labute approximate surface area is 174 Å². The van der Waals surface area contributed by atoms with E-state index in [9.17, 15) is 30.4 Å². The molecule has 0 spiro atoms. The van der Waals surface area contributed by atoms with Crippen LogP contribution in [0.3, 0.4) is 0 Å². The third-order valence-electron chi connectivity index (χ3n) is 3.66. The summed E-state index contributed by atoms with van der Waals surface area (Å²) in [7, 11) is -8.60. The topological polar surface area (TPSA) is 121 Å². The van der Waals surface area contributed by atoms with Gasteiger partial charge in [0.25, 0.3) is 26.0 Å². The van der Waals surface area contributed by atoms with Crippen LogP contribution in [0.5, 0.6) is 0 Å². The van der Waals surface area contributed by atoms with Crippen molar-refractivity contribution >= 4 is 43.0 Å². The molecule has 0 fully saturated rings. The Kier molecular flexibility index (Phi) is 6.17. The van der Waals surface area contributed by atoms with Crippen molar-refractivity contribution in [1.29, 1.82) is 0 Å². The van der Waals surface area contributed by atoms with E-state index in [1.807, 2.05) is 5.43 Å². The van der Waals surface area contributed by atoms with Gasteiger partial charge in [0, 0.05) is 0 Å². The van der Waals surface area contributed by atoms with Crippen molar-refractivity contribution < 1.29 is 30.4 Å². The van der Waals surface area contributed by atoms with Gasteiger partial charge in [0.2, 0.25) is 0 Å². The molecule has 0 aliphatic carbocycles. The molecule has 13 heteroatoms. The molecule has 0 unspecified atom stereocenters. The summed E-state index contributed by atoms with van der Waals surface area (Å²) in [5, 5.41) is 1.56. The number of benzene rings is 2. The summed E-state index contributed by atoms with van der Waals surface area (Å²) in [5.41, 5.74) is 1.53. The van der Waals surface area contributed by atoms with Crippen molar-refractivity contribution in [3.63, 3.8) is 0 Å². The van der Waals surface area contributed by atoms with Crippen LogP contribution in [0.4, 0.5) is 14.5 Å². The summed E-state index contributed by atoms with van der Waals surface area (Å²) in [6, 6.07) is 10.2. The molecule has 0 saturated heterocycles. The molecule has 0 radical (unpaired) electrons. The molecule has 158 valence electrons. The lowest BCUT2D eigenvalue weighted by atomic mass is 10.2. The van der Waals surface area contributed by atoms with E-state index in [4.69, 9.17) is 0 Å². The van der Waals surface area contributed by atoms with E-state index >= 15 is 0 Å². The lowest BCUT2D eigenvalue weighted by Gasteiger charge is -2.13. The molecule has 1 amide bonds. The monoisotopic (exact) mass is 473 g/mol. The average molecular weight is 474 g/mol. The number of anilines is 1. The fourth-order valence-electron chi connectivity index (χ4n) is 2.30. The molecule has 3 rings (SSSR count). The van der Waals surface area contributed by atoms with Crippen molar-refractivity contribution in [2.75, 3.05) is 4.72 Å². The third-order valence-corrected chi connectivity index (χ3v) is 7.68. The Morgan fingerprint density at radius 2 is 1.63 bits per heavy atom. The molecule has 0 bridgehead atoms. The highest BCUT2D eigenvalue weighted by atomic mass is 32.2. The zero-order chi connectivity index (χ0) is 21.9. The van der Waals surface area contributed by atoms with E-state index in [-0.39, 0.29) is 15.5 Å². The maximum atomic E-state index is 13.7. The van der Waals surface area contributed by atoms with Crippen molar-refractivity contribution in [2.45, 2.75) is 9.10 Å². The number of nitrogens with one attached hydrogen (secondary N) is 3. The fraction of sp³-hybridized carbons (Fsp3) is 0. The van der Waals surface area contributed by atoms with Crippen LogP contribution in [0.1, 0.15) is 10.4 Å². The van der Waals surface area contributed by atoms with Crippen molar-refractivity contribution in [2.24, 2.45) is 0 Å². The van der Waals surface area contributed by atoms with E-state index < -0.39 is 42.5 Å². The number of carbonyl (C=O) groups is 1. The summed E-state index contributed by atoms with van der Waals surface area (Å²) in [6.45, 7) is 0. The van der Waals surface area contributed by atoms with Crippen molar-refractivity contribution in [3.8, 4) is 0 Å². The van der Waals surface area contributed by atoms with Gasteiger partial charge in [-0.1, -0.05) is 18.2 Å². The zero-order valence-corrected chi connectivity index (χ0v) is 17.2. The van der Waals surface area contributed by atoms with Crippen LogP contribution in [0.2, 0.25) is 0 Å². The van der Waals surface area contributed by atoms with Gasteiger partial charge in [0.05, 0.1) is 11.3 Å². The molecule has 3 aromatic rings. The zero-order valence-electron chi connectivity index (χ0n) is 14.8. The van der Waals surface area contributed by atoms with Crippen LogP contribution in [0, 0.1) is 11.6 Å². The smallest absolute Gasteiger partial charge is 0.271 e. The molecule has 2 aromatic carbocycles. The van der Waals surface area contributed by atoms with Gasteiger partial charge >= 0.3 is 0 Å². The molecule has 0 atom stereocenters. The third kappa shape index (κ3) is 4.81. The van der Waals surface area contributed by atoms with Crippen LogP contribution in [-0.4, -0.2) is 22.7 Å². The normalized spacial score (nSPS) is 11.8. The lowest BCUT2D eigenvalue weighted by molar-refractivity contribution is 0.0946. The highest BCUT2D eigenvalue weighted by molar-refractivity contribution is 7.94. The summed E-state index contributed by atoms with van der Waals surface area (Å²) >= 11 is 0.968. The lowest BCUT2D eigenvalue weighted by Crippen LogP contribution is -2.42. The number of para-hydroxylation sites is 1. The number of carbonyl (C=O) groups excluding carboxylic acids is 1. The number of thiophene rings is 1. The summed E-state index contributed by atoms with van der Waals surface area (Å²) in [5.74, 6) is -3.24. The van der Waals surface area contributed by atoms with E-state index in [1.165, 1.54) is 36.4 Å². The SMILES string of the molecule is O=C(NNS(=O)(=O)c1cc(F)ccc1F)c1ccccc1NS(=O)(=O)c1cccs1. The van der Waals surface area contributed by atoms with E-state index in [2.05, 4.69) is 4.72 Å². The Morgan fingerprint density at radius 1 is 0.900 bits per heavy atom. The van der Waals surface area contributed by atoms with Crippen molar-refractivity contribution in [3.05, 3.63) is 77.2 Å². The van der Waals surface area contributed by atoms with Gasteiger partial charge in [-0.05, 0) is 41.8 Å². The predicted octanol–water partition coefficient (Wildman–Crippen LogP) is 2.45. The standard InChI is InChI=1S/C17H13F2N3O5S3/c18-11-7-8-13(19)15(10-11)29(24,25)22-20-17(23)12-4-1-2-5-14(12)21-30(26,27)16-6-3-9-28-16/h1-10,21-22H,(H,20,23). The Balaban J connectivity index is 1.81. The molecular weight excluding hydrogens is 460 g/mol. The van der Waals surface area contributed by atoms with E-state index in [0.717, 1.165) is 17.4 Å². The number of hydrogen-bond acceptors (Lipinski definition) is 6. The number of sulfonamides is 2. The second-order valence-electron chi connectivity index (χ2n) is 5.72. The Morgan fingerprint density at radius 3 is 2.33 bits per heavy atom. The summed E-state index contributed by atoms with van der Waals surface area (Å²) in [6.07, 6.45) is 0. The van der Waals surface area contributed by atoms with E-state index in [0.29, 0.717) is 12.1 Å². The first-order valence-corrected chi connectivity index (χ1v) is 11.9. The van der Waals surface area contributed by atoms with Gasteiger partial charge < -0.3 is 0 Å². The first-order chi connectivity index (χ1) is 14.1. The fourth-order valence-corrected chi connectivity index (χ4v) is 5.30. The van der Waals surface area contributed by atoms with Gasteiger partial charge in [-0.3, -0.25) is 14.9 Å². The average Bonchev–Trinajstić information content (AvgIpc) is 3.24. The van der Waals surface area contributed by atoms with Gasteiger partial charge in [-0.25, -0.2) is 25.6 Å². The molecule has 3 N–H and O–H groups in total. The number of amides is 1. The maximum absolute atomic E-state index is 13.7. The number of hydrazine groups is 1. The number of rotatable bonds is 7.